The van der Waals surface area contributed by atoms with Crippen LogP contribution in [-0.4, -0.2) is 62.1 Å². The van der Waals surface area contributed by atoms with Crippen LogP contribution in [0.2, 0.25) is 0 Å². The van der Waals surface area contributed by atoms with Gasteiger partial charge in [0, 0.05) is 30.9 Å². The third kappa shape index (κ3) is 3.92. The Morgan fingerprint density at radius 2 is 1.89 bits per heavy atom. The molecule has 3 heterocycles. The lowest BCUT2D eigenvalue weighted by Crippen LogP contribution is -2.31. The van der Waals surface area contributed by atoms with Crippen LogP contribution in [0.4, 0.5) is 5.82 Å². The molecule has 0 saturated heterocycles. The minimum atomic E-state index is -0.0818. The second-order valence-corrected chi connectivity index (χ2v) is 8.87. The molecule has 1 aliphatic heterocycles. The molecule has 178 valence electrons. The topological polar surface area (TPSA) is 116 Å². The van der Waals surface area contributed by atoms with E-state index in [-0.39, 0.29) is 5.91 Å². The molecule has 2 aliphatic rings. The average Bonchev–Trinajstić information content (AvgIpc) is 3.52. The molecule has 0 unspecified atom stereocenters. The predicted octanol–water partition coefficient (Wildman–Crippen LogP) is 3.55. The molecule has 1 aliphatic carbocycles. The SMILES string of the molecule is C=N/N=C(/c1cccc(N2Cc3ccc(-c4cccc(-c5nn[nH]n5)c4)cc3C2=O)n1)N(C)C1CC1. The lowest BCUT2D eigenvalue weighted by Gasteiger charge is -2.21. The van der Waals surface area contributed by atoms with Gasteiger partial charge in [-0.15, -0.1) is 15.3 Å². The summed E-state index contributed by atoms with van der Waals surface area (Å²) in [4.78, 5) is 22.0. The molecule has 10 heteroatoms. The third-order valence-electron chi connectivity index (χ3n) is 6.55. The second-order valence-electron chi connectivity index (χ2n) is 8.87. The van der Waals surface area contributed by atoms with Gasteiger partial charge < -0.3 is 4.90 Å². The normalized spacial score (nSPS) is 15.2. The number of aromatic nitrogens is 5. The second kappa shape index (κ2) is 8.81. The number of carbonyl (C=O) groups is 1. The Labute approximate surface area is 207 Å². The maximum absolute atomic E-state index is 13.5. The number of nitrogens with one attached hydrogen (secondary N) is 1. The van der Waals surface area contributed by atoms with Crippen LogP contribution in [0.25, 0.3) is 22.5 Å². The monoisotopic (exact) mass is 477 g/mol. The number of nitrogens with zero attached hydrogens (tertiary/aromatic N) is 8. The Morgan fingerprint density at radius 1 is 1.08 bits per heavy atom. The summed E-state index contributed by atoms with van der Waals surface area (Å²) < 4.78 is 0. The molecule has 36 heavy (non-hydrogen) atoms. The van der Waals surface area contributed by atoms with Crippen LogP contribution in [-0.2, 0) is 6.54 Å². The molecular weight excluding hydrogens is 454 g/mol. The van der Waals surface area contributed by atoms with Gasteiger partial charge in [-0.1, -0.05) is 36.4 Å². The largest absolute Gasteiger partial charge is 0.353 e. The summed E-state index contributed by atoms with van der Waals surface area (Å²) in [5.41, 5.74) is 5.04. The van der Waals surface area contributed by atoms with Gasteiger partial charge in [-0.05, 0) is 59.0 Å². The fourth-order valence-electron chi connectivity index (χ4n) is 4.49. The number of hydrogen-bond acceptors (Lipinski definition) is 7. The molecule has 1 fully saturated rings. The minimum Gasteiger partial charge on any atom is -0.353 e. The third-order valence-corrected chi connectivity index (χ3v) is 6.55. The lowest BCUT2D eigenvalue weighted by molar-refractivity contribution is 0.0996. The number of amides is 1. The van der Waals surface area contributed by atoms with Crippen LogP contribution < -0.4 is 4.90 Å². The van der Waals surface area contributed by atoms with E-state index in [2.05, 4.69) is 42.4 Å². The number of rotatable bonds is 6. The highest BCUT2D eigenvalue weighted by atomic mass is 16.2. The average molecular weight is 478 g/mol. The molecule has 0 bridgehead atoms. The summed E-state index contributed by atoms with van der Waals surface area (Å²) in [7, 11) is 1.99. The minimum absolute atomic E-state index is 0.0818. The summed E-state index contributed by atoms with van der Waals surface area (Å²) in [6.07, 6.45) is 2.24. The van der Waals surface area contributed by atoms with Gasteiger partial charge in [0.25, 0.3) is 5.91 Å². The van der Waals surface area contributed by atoms with Crippen molar-refractivity contribution >= 4 is 24.3 Å². The number of anilines is 1. The van der Waals surface area contributed by atoms with E-state index in [1.54, 1.807) is 4.90 Å². The molecule has 2 aromatic carbocycles. The molecule has 2 aromatic heterocycles. The van der Waals surface area contributed by atoms with Gasteiger partial charge in [0.1, 0.15) is 11.5 Å². The Balaban J connectivity index is 1.29. The number of amidine groups is 1. The van der Waals surface area contributed by atoms with Gasteiger partial charge in [0.15, 0.2) is 5.84 Å². The van der Waals surface area contributed by atoms with Crippen molar-refractivity contribution in [1.82, 2.24) is 30.5 Å². The molecule has 10 nitrogen and oxygen atoms in total. The van der Waals surface area contributed by atoms with Gasteiger partial charge >= 0.3 is 0 Å². The van der Waals surface area contributed by atoms with E-state index in [9.17, 15) is 4.79 Å². The standard InChI is InChI=1S/C26H23N9O/c1-27-31-25(34(2)20-11-12-20)22-7-4-8-23(28-22)35-15-19-10-9-17(14-21(19)26(35)36)16-5-3-6-18(13-16)24-29-32-33-30-24/h3-10,13-14,20H,1,11-12,15H2,2H3,(H,29,30,32,33)/b31-25-. The summed E-state index contributed by atoms with van der Waals surface area (Å²) in [5, 5.41) is 22.2. The van der Waals surface area contributed by atoms with Gasteiger partial charge in [0.2, 0.25) is 5.82 Å². The van der Waals surface area contributed by atoms with Crippen molar-refractivity contribution in [3.63, 3.8) is 0 Å². The van der Waals surface area contributed by atoms with Gasteiger partial charge in [-0.3, -0.25) is 9.69 Å². The van der Waals surface area contributed by atoms with E-state index in [0.717, 1.165) is 35.1 Å². The van der Waals surface area contributed by atoms with E-state index in [1.165, 1.54) is 0 Å². The first-order valence-corrected chi connectivity index (χ1v) is 11.7. The van der Waals surface area contributed by atoms with E-state index < -0.39 is 0 Å². The summed E-state index contributed by atoms with van der Waals surface area (Å²) in [6.45, 7) is 3.97. The number of tetrazole rings is 1. The van der Waals surface area contributed by atoms with Crippen molar-refractivity contribution in [2.24, 2.45) is 10.2 Å². The summed E-state index contributed by atoms with van der Waals surface area (Å²) in [6, 6.07) is 19.9. The van der Waals surface area contributed by atoms with Crippen LogP contribution >= 0.6 is 0 Å². The zero-order valence-corrected chi connectivity index (χ0v) is 19.7. The van der Waals surface area contributed by atoms with Crippen LogP contribution in [0.15, 0.2) is 70.9 Å². The predicted molar refractivity (Wildman–Crippen MR) is 137 cm³/mol. The molecule has 1 amide bonds. The number of aromatic amines is 1. The smallest absolute Gasteiger partial charge is 0.260 e. The first-order chi connectivity index (χ1) is 17.6. The fourth-order valence-corrected chi connectivity index (χ4v) is 4.49. The van der Waals surface area contributed by atoms with Crippen molar-refractivity contribution in [3.8, 4) is 22.5 Å². The molecule has 1 N–H and O–H groups in total. The Hall–Kier alpha value is -4.73. The number of fused-ring (bicyclic) bond motifs is 1. The highest BCUT2D eigenvalue weighted by molar-refractivity contribution is 6.10. The maximum atomic E-state index is 13.5. The number of pyridine rings is 1. The van der Waals surface area contributed by atoms with E-state index in [0.29, 0.717) is 41.3 Å². The highest BCUT2D eigenvalue weighted by Crippen LogP contribution is 2.33. The van der Waals surface area contributed by atoms with E-state index >= 15 is 0 Å². The quantitative estimate of drug-likeness (QED) is 0.258. The van der Waals surface area contributed by atoms with Gasteiger partial charge in [0.05, 0.1) is 6.54 Å². The van der Waals surface area contributed by atoms with Gasteiger partial charge in [-0.25, -0.2) is 4.98 Å². The first-order valence-electron chi connectivity index (χ1n) is 11.7. The molecule has 1 saturated carbocycles. The van der Waals surface area contributed by atoms with Crippen molar-refractivity contribution in [2.75, 3.05) is 11.9 Å². The molecule has 0 radical (unpaired) electrons. The maximum Gasteiger partial charge on any atom is 0.260 e. The number of H-pyrrole nitrogens is 1. The number of hydrogen-bond donors (Lipinski definition) is 1. The summed E-state index contributed by atoms with van der Waals surface area (Å²) in [5.74, 6) is 1.67. The molecule has 0 spiro atoms. The van der Waals surface area contributed by atoms with Crippen LogP contribution in [0, 0.1) is 0 Å². The zero-order valence-electron chi connectivity index (χ0n) is 19.7. The van der Waals surface area contributed by atoms with Crippen LogP contribution in [0.5, 0.6) is 0 Å². The Morgan fingerprint density at radius 3 is 2.67 bits per heavy atom. The number of benzene rings is 2. The highest BCUT2D eigenvalue weighted by Gasteiger charge is 2.32. The lowest BCUT2D eigenvalue weighted by atomic mass is 9.99. The molecule has 6 rings (SSSR count). The molecular formula is C26H23N9O. The molecule has 0 atom stereocenters. The Bertz CT molecular complexity index is 1490. The van der Waals surface area contributed by atoms with Crippen molar-refractivity contribution in [1.29, 1.82) is 0 Å². The molecule has 4 aromatic rings. The van der Waals surface area contributed by atoms with E-state index in [1.807, 2.05) is 67.7 Å². The van der Waals surface area contributed by atoms with Crippen molar-refractivity contribution in [2.45, 2.75) is 25.4 Å². The van der Waals surface area contributed by atoms with Crippen LogP contribution in [0.3, 0.4) is 0 Å². The van der Waals surface area contributed by atoms with Crippen molar-refractivity contribution in [3.05, 3.63) is 77.5 Å². The fraction of sp³-hybridized carbons (Fsp3) is 0.192. The first kappa shape index (κ1) is 21.8. The van der Waals surface area contributed by atoms with Gasteiger partial charge in [-0.2, -0.15) is 10.3 Å². The van der Waals surface area contributed by atoms with Crippen LogP contribution in [0.1, 0.15) is 34.5 Å². The van der Waals surface area contributed by atoms with Crippen molar-refractivity contribution < 1.29 is 4.79 Å². The Kier molecular flexibility index (Phi) is 5.33. The zero-order chi connectivity index (χ0) is 24.6. The van der Waals surface area contributed by atoms with E-state index in [4.69, 9.17) is 4.98 Å². The number of carbonyl (C=O) groups excluding carboxylic acids is 1. The summed E-state index contributed by atoms with van der Waals surface area (Å²) >= 11 is 0.